The number of rotatable bonds is 2. The molecule has 0 aromatic heterocycles. The molecular weight excluding hydrogens is 172 g/mol. The van der Waals surface area contributed by atoms with E-state index in [-0.39, 0.29) is 0 Å². The Kier molecular flexibility index (Phi) is 2.12. The Balaban J connectivity index is 2.28. The summed E-state index contributed by atoms with van der Waals surface area (Å²) in [5, 5.41) is 1.59. The Morgan fingerprint density at radius 1 is 1.15 bits per heavy atom. The van der Waals surface area contributed by atoms with Crippen LogP contribution in [-0.4, -0.2) is 8.07 Å². The monoisotopic (exact) mass is 188 g/mol. The average molecular weight is 188 g/mol. The van der Waals surface area contributed by atoms with Crippen molar-refractivity contribution in [1.29, 1.82) is 0 Å². The molecule has 1 aromatic carbocycles. The predicted octanol–water partition coefficient (Wildman–Crippen LogP) is 2.93. The van der Waals surface area contributed by atoms with E-state index in [2.05, 4.69) is 55.6 Å². The van der Waals surface area contributed by atoms with Crippen molar-refractivity contribution in [2.75, 3.05) is 0 Å². The fraction of sp³-hybridized carbons (Fsp3) is 0.333. The van der Waals surface area contributed by atoms with Crippen LogP contribution in [0.1, 0.15) is 6.42 Å². The normalized spacial score (nSPS) is 21.2. The van der Waals surface area contributed by atoms with E-state index >= 15 is 0 Å². The molecular formula is C12H16Si. The van der Waals surface area contributed by atoms with Gasteiger partial charge < -0.3 is 0 Å². The van der Waals surface area contributed by atoms with Gasteiger partial charge in [-0.25, -0.2) is 0 Å². The first-order valence-electron chi connectivity index (χ1n) is 4.93. The molecule has 0 heterocycles. The fourth-order valence-electron chi connectivity index (χ4n) is 1.89. The molecule has 0 saturated carbocycles. The van der Waals surface area contributed by atoms with Gasteiger partial charge in [0.05, 0.1) is 8.07 Å². The van der Waals surface area contributed by atoms with Crippen LogP contribution in [0.15, 0.2) is 42.5 Å². The van der Waals surface area contributed by atoms with Crippen LogP contribution < -0.4 is 5.19 Å². The van der Waals surface area contributed by atoms with Crippen molar-refractivity contribution >= 4 is 13.3 Å². The molecule has 0 aliphatic heterocycles. The van der Waals surface area contributed by atoms with Crippen molar-refractivity contribution in [2.24, 2.45) is 0 Å². The molecule has 1 heteroatoms. The lowest BCUT2D eigenvalue weighted by atomic mass is 10.1. The van der Waals surface area contributed by atoms with Crippen molar-refractivity contribution in [3.8, 4) is 0 Å². The summed E-state index contributed by atoms with van der Waals surface area (Å²) in [6.07, 6.45) is 5.98. The molecule has 0 spiro atoms. The minimum Gasteiger partial charge on any atom is -0.0882 e. The Hall–Kier alpha value is -0.823. The number of hydrogen-bond acceptors (Lipinski definition) is 0. The van der Waals surface area contributed by atoms with Gasteiger partial charge in [-0.2, -0.15) is 0 Å². The maximum Gasteiger partial charge on any atom is 0.0876 e. The molecule has 1 aliphatic rings. The van der Waals surface area contributed by atoms with Crippen LogP contribution in [0.3, 0.4) is 0 Å². The van der Waals surface area contributed by atoms with E-state index in [1.807, 2.05) is 0 Å². The van der Waals surface area contributed by atoms with Crippen LogP contribution in [0.4, 0.5) is 0 Å². The summed E-state index contributed by atoms with van der Waals surface area (Å²) in [4.78, 5) is 0. The molecule has 0 bridgehead atoms. The lowest BCUT2D eigenvalue weighted by Gasteiger charge is -2.34. The highest BCUT2D eigenvalue weighted by atomic mass is 28.3. The summed E-state index contributed by atoms with van der Waals surface area (Å²) >= 11 is 0. The van der Waals surface area contributed by atoms with E-state index in [9.17, 15) is 0 Å². The van der Waals surface area contributed by atoms with Gasteiger partial charge in [0.25, 0.3) is 0 Å². The lowest BCUT2D eigenvalue weighted by molar-refractivity contribution is 0.917. The minimum atomic E-state index is -1.18. The van der Waals surface area contributed by atoms with Crippen LogP contribution >= 0.6 is 0 Å². The molecule has 0 amide bonds. The molecule has 0 nitrogen and oxygen atoms in total. The molecule has 0 saturated heterocycles. The van der Waals surface area contributed by atoms with E-state index in [1.165, 1.54) is 6.42 Å². The fourth-order valence-corrected chi connectivity index (χ4v) is 4.71. The summed E-state index contributed by atoms with van der Waals surface area (Å²) in [7, 11) is -1.18. The Labute approximate surface area is 81.3 Å². The van der Waals surface area contributed by atoms with Gasteiger partial charge in [0, 0.05) is 0 Å². The van der Waals surface area contributed by atoms with Gasteiger partial charge in [0.1, 0.15) is 0 Å². The minimum absolute atomic E-state index is 0.870. The van der Waals surface area contributed by atoms with Gasteiger partial charge in [-0.05, 0) is 12.0 Å². The van der Waals surface area contributed by atoms with Gasteiger partial charge >= 0.3 is 0 Å². The van der Waals surface area contributed by atoms with Crippen LogP contribution in [0.2, 0.25) is 18.6 Å². The first kappa shape index (κ1) is 8.76. The zero-order chi connectivity index (χ0) is 9.31. The number of hydrogen-bond donors (Lipinski definition) is 0. The van der Waals surface area contributed by atoms with E-state index in [1.54, 1.807) is 5.19 Å². The number of allylic oxidation sites excluding steroid dienone is 2. The van der Waals surface area contributed by atoms with Crippen LogP contribution in [-0.2, 0) is 0 Å². The lowest BCUT2D eigenvalue weighted by Crippen LogP contribution is -2.46. The third kappa shape index (κ3) is 1.48. The third-order valence-corrected chi connectivity index (χ3v) is 7.31. The molecule has 1 atom stereocenters. The largest absolute Gasteiger partial charge is 0.0882 e. The highest BCUT2D eigenvalue weighted by molar-refractivity contribution is 6.91. The van der Waals surface area contributed by atoms with Gasteiger partial charge in [-0.15, -0.1) is 0 Å². The smallest absolute Gasteiger partial charge is 0.0876 e. The van der Waals surface area contributed by atoms with Crippen molar-refractivity contribution in [3.05, 3.63) is 42.5 Å². The van der Waals surface area contributed by atoms with Crippen LogP contribution in [0.5, 0.6) is 0 Å². The average Bonchev–Trinajstić information content (AvgIpc) is 2.02. The SMILES string of the molecule is C[Si](C)(c1ccccc1)C1C=CC1. The van der Waals surface area contributed by atoms with Crippen LogP contribution in [0, 0.1) is 0 Å². The summed E-state index contributed by atoms with van der Waals surface area (Å²) in [5.41, 5.74) is 0.870. The van der Waals surface area contributed by atoms with Gasteiger partial charge in [0.15, 0.2) is 0 Å². The number of benzene rings is 1. The third-order valence-electron chi connectivity index (χ3n) is 3.20. The first-order chi connectivity index (χ1) is 6.21. The topological polar surface area (TPSA) is 0 Å². The van der Waals surface area contributed by atoms with Crippen molar-refractivity contribution < 1.29 is 0 Å². The molecule has 0 fully saturated rings. The second-order valence-corrected chi connectivity index (χ2v) is 9.12. The highest BCUT2D eigenvalue weighted by Crippen LogP contribution is 2.33. The maximum absolute atomic E-state index is 2.47. The van der Waals surface area contributed by atoms with E-state index < -0.39 is 8.07 Å². The standard InChI is InChI=1S/C12H16Si/c1-13(2,12-9-6-10-12)11-7-4-3-5-8-11/h3-9,12H,10H2,1-2H3. The molecule has 1 aromatic rings. The van der Waals surface area contributed by atoms with Crippen LogP contribution in [0.25, 0.3) is 0 Å². The highest BCUT2D eigenvalue weighted by Gasteiger charge is 2.33. The second kappa shape index (κ2) is 3.15. The summed E-state index contributed by atoms with van der Waals surface area (Å²) in [5.74, 6) is 0. The molecule has 0 N–H and O–H groups in total. The molecule has 0 radical (unpaired) electrons. The predicted molar refractivity (Wildman–Crippen MR) is 61.1 cm³/mol. The molecule has 13 heavy (non-hydrogen) atoms. The molecule has 68 valence electrons. The van der Waals surface area contributed by atoms with Crippen molar-refractivity contribution in [1.82, 2.24) is 0 Å². The quantitative estimate of drug-likeness (QED) is 0.494. The zero-order valence-corrected chi connectivity index (χ0v) is 9.33. The summed E-state index contributed by atoms with van der Waals surface area (Å²) in [6.45, 7) is 4.94. The molecule has 1 unspecified atom stereocenters. The van der Waals surface area contributed by atoms with E-state index in [0.717, 1.165) is 5.54 Å². The molecule has 1 aliphatic carbocycles. The zero-order valence-electron chi connectivity index (χ0n) is 8.33. The Morgan fingerprint density at radius 2 is 1.77 bits per heavy atom. The van der Waals surface area contributed by atoms with Crippen molar-refractivity contribution in [2.45, 2.75) is 25.1 Å². The van der Waals surface area contributed by atoms with Gasteiger partial charge in [-0.1, -0.05) is 60.8 Å². The summed E-state index contributed by atoms with van der Waals surface area (Å²) in [6, 6.07) is 11.0. The van der Waals surface area contributed by atoms with Gasteiger partial charge in [0.2, 0.25) is 0 Å². The van der Waals surface area contributed by atoms with Gasteiger partial charge in [-0.3, -0.25) is 0 Å². The molecule has 2 rings (SSSR count). The van der Waals surface area contributed by atoms with Crippen molar-refractivity contribution in [3.63, 3.8) is 0 Å². The Morgan fingerprint density at radius 3 is 2.23 bits per heavy atom. The first-order valence-corrected chi connectivity index (χ1v) is 8.01. The van der Waals surface area contributed by atoms with E-state index in [0.29, 0.717) is 0 Å². The van der Waals surface area contributed by atoms with E-state index in [4.69, 9.17) is 0 Å². The summed E-state index contributed by atoms with van der Waals surface area (Å²) < 4.78 is 0. The Bertz CT molecular complexity index is 311. The maximum atomic E-state index is 2.47. The second-order valence-electron chi connectivity index (χ2n) is 4.36.